The zero-order valence-corrected chi connectivity index (χ0v) is 18.8. The second-order valence-electron chi connectivity index (χ2n) is 9.59. The number of nitrogens with one attached hydrogen (secondary N) is 1. The Morgan fingerprint density at radius 2 is 1.70 bits per heavy atom. The fraction of sp³-hybridized carbons (Fsp3) is 0.652. The second-order valence-corrected chi connectivity index (χ2v) is 11.4. The Labute approximate surface area is 178 Å². The molecule has 4 fully saturated rings. The minimum Gasteiger partial charge on any atom is -0.451 e. The first-order valence-electron chi connectivity index (χ1n) is 11.0. The van der Waals surface area contributed by atoms with Gasteiger partial charge >= 0.3 is 5.97 Å². The smallest absolute Gasteiger partial charge is 0.339 e. The van der Waals surface area contributed by atoms with Crippen LogP contribution in [-0.4, -0.2) is 32.8 Å². The molecule has 1 aromatic carbocycles. The number of hydrogen-bond donors (Lipinski definition) is 1. The van der Waals surface area contributed by atoms with Crippen LogP contribution in [0.3, 0.4) is 0 Å². The first-order chi connectivity index (χ1) is 14.1. The molecule has 1 N–H and O–H groups in total. The number of rotatable bonds is 7. The van der Waals surface area contributed by atoms with Crippen molar-refractivity contribution in [1.29, 1.82) is 0 Å². The van der Waals surface area contributed by atoms with Gasteiger partial charge in [-0.1, -0.05) is 13.0 Å². The quantitative estimate of drug-likeness (QED) is 0.664. The van der Waals surface area contributed by atoms with Crippen LogP contribution in [0.4, 0.5) is 0 Å². The maximum absolute atomic E-state index is 13.4. The molecule has 0 spiro atoms. The van der Waals surface area contributed by atoms with Gasteiger partial charge in [0.2, 0.25) is 10.0 Å². The normalized spacial score (nSPS) is 30.8. The summed E-state index contributed by atoms with van der Waals surface area (Å²) in [4.78, 5) is 26.2. The molecule has 4 aliphatic rings. The number of benzene rings is 1. The molecule has 4 bridgehead atoms. The van der Waals surface area contributed by atoms with E-state index in [4.69, 9.17) is 4.74 Å². The molecule has 4 aliphatic carbocycles. The number of ketones is 1. The molecule has 1 unspecified atom stereocenters. The minimum atomic E-state index is -3.68. The molecule has 5 rings (SSSR count). The van der Waals surface area contributed by atoms with Crippen molar-refractivity contribution in [3.63, 3.8) is 0 Å². The van der Waals surface area contributed by atoms with Crippen molar-refractivity contribution < 1.29 is 22.7 Å². The average molecular weight is 434 g/mol. The summed E-state index contributed by atoms with van der Waals surface area (Å²) in [6, 6.07) is 4.39. The Hall–Kier alpha value is -1.73. The van der Waals surface area contributed by atoms with Crippen molar-refractivity contribution >= 4 is 21.8 Å². The van der Waals surface area contributed by atoms with Crippen LogP contribution >= 0.6 is 0 Å². The monoisotopic (exact) mass is 433 g/mol. The number of carbonyl (C=O) groups is 2. The third kappa shape index (κ3) is 3.82. The van der Waals surface area contributed by atoms with E-state index in [0.717, 1.165) is 19.3 Å². The van der Waals surface area contributed by atoms with Crippen LogP contribution < -0.4 is 4.72 Å². The largest absolute Gasteiger partial charge is 0.451 e. The van der Waals surface area contributed by atoms with Crippen molar-refractivity contribution in [3.05, 3.63) is 29.3 Å². The highest BCUT2D eigenvalue weighted by atomic mass is 32.2. The number of esters is 1. The maximum Gasteiger partial charge on any atom is 0.339 e. The van der Waals surface area contributed by atoms with Crippen LogP contribution in [0.15, 0.2) is 23.1 Å². The molecule has 0 saturated heterocycles. The summed E-state index contributed by atoms with van der Waals surface area (Å²) in [5.74, 6) is 1.31. The van der Waals surface area contributed by atoms with E-state index in [1.165, 1.54) is 31.4 Å². The second kappa shape index (κ2) is 7.75. The Bertz CT molecular complexity index is 933. The van der Waals surface area contributed by atoms with Crippen molar-refractivity contribution in [2.45, 2.75) is 70.3 Å². The molecule has 164 valence electrons. The third-order valence-electron chi connectivity index (χ3n) is 7.29. The van der Waals surface area contributed by atoms with E-state index in [0.29, 0.717) is 23.3 Å². The minimum absolute atomic E-state index is 0.0157. The molecule has 4 saturated carbocycles. The summed E-state index contributed by atoms with van der Waals surface area (Å²) < 4.78 is 32.6. The van der Waals surface area contributed by atoms with E-state index in [2.05, 4.69) is 4.72 Å². The highest BCUT2D eigenvalue weighted by molar-refractivity contribution is 7.89. The van der Waals surface area contributed by atoms with Crippen molar-refractivity contribution in [1.82, 2.24) is 4.72 Å². The van der Waals surface area contributed by atoms with Crippen LogP contribution in [0.1, 0.15) is 68.3 Å². The van der Waals surface area contributed by atoms with E-state index in [-0.39, 0.29) is 28.2 Å². The van der Waals surface area contributed by atoms with Crippen molar-refractivity contribution in [2.24, 2.45) is 23.2 Å². The topological polar surface area (TPSA) is 89.5 Å². The summed E-state index contributed by atoms with van der Waals surface area (Å²) in [5, 5.41) is 0. The fourth-order valence-corrected chi connectivity index (χ4v) is 7.45. The lowest BCUT2D eigenvalue weighted by molar-refractivity contribution is -0.152. The number of sulfonamides is 1. The summed E-state index contributed by atoms with van der Waals surface area (Å²) in [7, 11) is -3.68. The van der Waals surface area contributed by atoms with E-state index < -0.39 is 22.1 Å². The van der Waals surface area contributed by atoms with Gasteiger partial charge in [0.1, 0.15) is 0 Å². The van der Waals surface area contributed by atoms with Gasteiger partial charge in [-0.2, -0.15) is 0 Å². The fourth-order valence-electron chi connectivity index (χ4n) is 6.38. The highest BCUT2D eigenvalue weighted by Crippen LogP contribution is 2.60. The Balaban J connectivity index is 1.51. The number of hydrogen-bond acceptors (Lipinski definition) is 5. The molecule has 7 heteroatoms. The first kappa shape index (κ1) is 21.5. The summed E-state index contributed by atoms with van der Waals surface area (Å²) in [5.41, 5.74) is 0.462. The molecule has 0 radical (unpaired) electrons. The Morgan fingerprint density at radius 1 is 1.13 bits per heavy atom. The predicted octanol–water partition coefficient (Wildman–Crippen LogP) is 3.62. The molecule has 0 aromatic heterocycles. The van der Waals surface area contributed by atoms with Gasteiger partial charge in [0.15, 0.2) is 11.9 Å². The van der Waals surface area contributed by atoms with Crippen molar-refractivity contribution in [2.75, 3.05) is 6.54 Å². The standard InChI is InChI=1S/C23H31NO5S/c1-4-24-30(27,28)19-6-5-14(2)20(10-19)22(26)29-15(3)21(25)23-11-16-7-17(12-23)9-18(8-16)13-23/h5-6,10,15-18,24H,4,7-9,11-13H2,1-3H3. The summed E-state index contributed by atoms with van der Waals surface area (Å²) in [6.07, 6.45) is 5.68. The lowest BCUT2D eigenvalue weighted by Crippen LogP contribution is -2.52. The number of ether oxygens (including phenoxy) is 1. The molecule has 1 aromatic rings. The van der Waals surface area contributed by atoms with Crippen LogP contribution in [-0.2, 0) is 19.6 Å². The summed E-state index contributed by atoms with van der Waals surface area (Å²) in [6.45, 7) is 5.34. The molecule has 0 heterocycles. The van der Waals surface area contributed by atoms with Crippen molar-refractivity contribution in [3.8, 4) is 0 Å². The van der Waals surface area contributed by atoms with E-state index in [9.17, 15) is 18.0 Å². The van der Waals surface area contributed by atoms with Crippen LogP contribution in [0, 0.1) is 30.1 Å². The summed E-state index contributed by atoms with van der Waals surface area (Å²) >= 11 is 0. The maximum atomic E-state index is 13.4. The van der Waals surface area contributed by atoms with Crippen LogP contribution in [0.5, 0.6) is 0 Å². The molecule has 30 heavy (non-hydrogen) atoms. The van der Waals surface area contributed by atoms with Gasteiger partial charge < -0.3 is 4.74 Å². The Kier molecular flexibility index (Phi) is 5.56. The molecule has 0 aliphatic heterocycles. The highest BCUT2D eigenvalue weighted by Gasteiger charge is 2.55. The number of Topliss-reactive ketones (excluding diaryl/α,β-unsaturated/α-hetero) is 1. The van der Waals surface area contributed by atoms with E-state index in [1.807, 2.05) is 0 Å². The zero-order valence-electron chi connectivity index (χ0n) is 17.9. The number of aryl methyl sites for hydroxylation is 1. The van der Waals surface area contributed by atoms with Gasteiger partial charge in [0, 0.05) is 12.0 Å². The molecule has 1 atom stereocenters. The average Bonchev–Trinajstić information content (AvgIpc) is 2.66. The Morgan fingerprint density at radius 3 is 2.23 bits per heavy atom. The van der Waals surface area contributed by atoms with Crippen LogP contribution in [0.2, 0.25) is 0 Å². The third-order valence-corrected chi connectivity index (χ3v) is 8.83. The van der Waals surface area contributed by atoms with Gasteiger partial charge in [-0.05, 0) is 87.8 Å². The predicted molar refractivity (Wildman–Crippen MR) is 113 cm³/mol. The first-order valence-corrected chi connectivity index (χ1v) is 12.5. The van der Waals surface area contributed by atoms with Gasteiger partial charge in [-0.15, -0.1) is 0 Å². The van der Waals surface area contributed by atoms with E-state index >= 15 is 0 Å². The number of carbonyl (C=O) groups excluding carboxylic acids is 2. The van der Waals surface area contributed by atoms with Crippen LogP contribution in [0.25, 0.3) is 0 Å². The zero-order chi connectivity index (χ0) is 21.7. The molecular weight excluding hydrogens is 402 g/mol. The van der Waals surface area contributed by atoms with Gasteiger partial charge in [-0.25, -0.2) is 17.9 Å². The molecular formula is C23H31NO5S. The van der Waals surface area contributed by atoms with E-state index in [1.54, 1.807) is 26.8 Å². The lowest BCUT2D eigenvalue weighted by atomic mass is 9.48. The molecule has 6 nitrogen and oxygen atoms in total. The SMILES string of the molecule is CCNS(=O)(=O)c1ccc(C)c(C(=O)OC(C)C(=O)C23CC4CC(CC(C4)C2)C3)c1. The molecule has 0 amide bonds. The van der Waals surface area contributed by atoms with Gasteiger partial charge in [0.05, 0.1) is 10.5 Å². The lowest BCUT2D eigenvalue weighted by Gasteiger charge is -2.56. The van der Waals surface area contributed by atoms with Gasteiger partial charge in [-0.3, -0.25) is 4.79 Å². The van der Waals surface area contributed by atoms with Gasteiger partial charge in [0.25, 0.3) is 0 Å².